The Bertz CT molecular complexity index is 1060. The summed E-state index contributed by atoms with van der Waals surface area (Å²) in [6, 6.07) is 4.03. The molecule has 0 atom stereocenters. The molecule has 10 heteroatoms. The molecule has 0 bridgehead atoms. The number of aryl methyl sites for hydroxylation is 2. The molecule has 0 aromatic carbocycles. The maximum atomic E-state index is 10.6. The van der Waals surface area contributed by atoms with E-state index in [1.54, 1.807) is 34.0 Å². The van der Waals surface area contributed by atoms with Crippen LogP contribution < -0.4 is 0 Å². The predicted molar refractivity (Wildman–Crippen MR) is 129 cm³/mol. The van der Waals surface area contributed by atoms with E-state index in [-0.39, 0.29) is 0 Å². The Morgan fingerprint density at radius 1 is 0.815 bits per heavy atom. The predicted octanol–water partition coefficient (Wildman–Crippen LogP) is 8.46. The number of thiazole rings is 2. The fourth-order valence-electron chi connectivity index (χ4n) is 1.96. The molecule has 0 radical (unpaired) electrons. The molecule has 0 spiro atoms. The number of rotatable bonds is 3. The molecular weight excluding hydrogens is 616 g/mol. The van der Waals surface area contributed by atoms with Crippen molar-refractivity contribution in [1.29, 1.82) is 0 Å². The van der Waals surface area contributed by atoms with Crippen molar-refractivity contribution in [3.8, 4) is 19.8 Å². The van der Waals surface area contributed by atoms with Crippen LogP contribution in [0.1, 0.15) is 19.4 Å². The summed E-state index contributed by atoms with van der Waals surface area (Å²) in [5.41, 5.74) is 0. The average molecular weight is 627 g/mol. The first kappa shape index (κ1) is 21.5. The zero-order chi connectivity index (χ0) is 19.6. The topological polar surface area (TPSA) is 42.9 Å². The second-order valence-corrected chi connectivity index (χ2v) is 12.9. The number of halogens is 3. The molecule has 0 saturated carbocycles. The molecule has 0 N–H and O–H groups in total. The van der Waals surface area contributed by atoms with Crippen molar-refractivity contribution in [3.05, 3.63) is 51.9 Å². The molecule has 4 aromatic rings. The van der Waals surface area contributed by atoms with Gasteiger partial charge in [0.2, 0.25) is 0 Å². The van der Waals surface area contributed by atoms with Crippen molar-refractivity contribution in [2.75, 3.05) is 0 Å². The number of carbonyl (C=O) groups excluding carboxylic acids is 1. The van der Waals surface area contributed by atoms with E-state index in [1.165, 1.54) is 26.0 Å². The maximum Gasteiger partial charge on any atom is 0.161 e. The van der Waals surface area contributed by atoms with Gasteiger partial charge < -0.3 is 0 Å². The lowest BCUT2D eigenvalue weighted by Gasteiger charge is -1.84. The molecular formula is C17H11Br3N2OS4. The summed E-state index contributed by atoms with van der Waals surface area (Å²) >= 11 is 16.8. The summed E-state index contributed by atoms with van der Waals surface area (Å²) in [5, 5.41) is 2.07. The molecule has 4 heterocycles. The van der Waals surface area contributed by atoms with Crippen molar-refractivity contribution in [2.45, 2.75) is 13.8 Å². The van der Waals surface area contributed by atoms with Crippen LogP contribution in [0, 0.1) is 13.8 Å². The zero-order valence-corrected chi connectivity index (χ0v) is 22.0. The Morgan fingerprint density at radius 3 is 1.70 bits per heavy atom. The van der Waals surface area contributed by atoms with Gasteiger partial charge in [-0.05, 0) is 73.8 Å². The molecule has 0 fully saturated rings. The van der Waals surface area contributed by atoms with Crippen molar-refractivity contribution in [1.82, 2.24) is 9.97 Å². The third-order valence-electron chi connectivity index (χ3n) is 3.13. The van der Waals surface area contributed by atoms with E-state index >= 15 is 0 Å². The van der Waals surface area contributed by atoms with Crippen LogP contribution in [0.3, 0.4) is 0 Å². The van der Waals surface area contributed by atoms with Gasteiger partial charge in [0.25, 0.3) is 0 Å². The second-order valence-electron chi connectivity index (χ2n) is 5.23. The van der Waals surface area contributed by atoms with Gasteiger partial charge in [0.05, 0.1) is 18.4 Å². The fourth-order valence-corrected chi connectivity index (χ4v) is 7.21. The minimum Gasteiger partial charge on any atom is -0.297 e. The molecule has 0 unspecified atom stereocenters. The van der Waals surface area contributed by atoms with Gasteiger partial charge in [-0.1, -0.05) is 0 Å². The first-order valence-corrected chi connectivity index (χ1v) is 13.1. The number of nitrogens with zero attached hydrogens (tertiary/aromatic N) is 2. The van der Waals surface area contributed by atoms with Gasteiger partial charge in [-0.3, -0.25) is 4.79 Å². The van der Waals surface area contributed by atoms with Gasteiger partial charge in [0.1, 0.15) is 10.0 Å². The number of thiophene rings is 2. The number of aromatic nitrogens is 2. The van der Waals surface area contributed by atoms with Gasteiger partial charge in [-0.25, -0.2) is 9.97 Å². The molecule has 140 valence electrons. The highest BCUT2D eigenvalue weighted by atomic mass is 79.9. The quantitative estimate of drug-likeness (QED) is 0.214. The Labute approximate surface area is 197 Å². The van der Waals surface area contributed by atoms with E-state index < -0.39 is 0 Å². The van der Waals surface area contributed by atoms with E-state index in [0.29, 0.717) is 4.88 Å². The first-order valence-electron chi connectivity index (χ1n) is 7.42. The summed E-state index contributed by atoms with van der Waals surface area (Å²) in [5.74, 6) is 0. The van der Waals surface area contributed by atoms with Gasteiger partial charge in [-0.2, -0.15) is 0 Å². The summed E-state index contributed by atoms with van der Waals surface area (Å²) in [6.45, 7) is 4.09. The number of carbonyl (C=O) groups is 1. The van der Waals surface area contributed by atoms with Crippen LogP contribution in [0.5, 0.6) is 0 Å². The van der Waals surface area contributed by atoms with Crippen LogP contribution in [0.15, 0.2) is 37.3 Å². The largest absolute Gasteiger partial charge is 0.297 e. The number of hydrogen-bond donors (Lipinski definition) is 0. The Morgan fingerprint density at radius 2 is 1.33 bits per heavy atom. The van der Waals surface area contributed by atoms with Crippen LogP contribution >= 0.6 is 93.1 Å². The van der Waals surface area contributed by atoms with Gasteiger partial charge >= 0.3 is 0 Å². The highest BCUT2D eigenvalue weighted by Gasteiger charge is 2.10. The van der Waals surface area contributed by atoms with Crippen LogP contribution in [0.25, 0.3) is 19.8 Å². The minimum absolute atomic E-state index is 0.716. The van der Waals surface area contributed by atoms with E-state index in [9.17, 15) is 4.79 Å². The summed E-state index contributed by atoms with van der Waals surface area (Å²) in [7, 11) is 0. The Hall–Kier alpha value is -0.230. The average Bonchev–Trinajstić information content (AvgIpc) is 3.38. The molecule has 0 aliphatic heterocycles. The maximum absolute atomic E-state index is 10.6. The molecule has 27 heavy (non-hydrogen) atoms. The van der Waals surface area contributed by atoms with E-state index in [4.69, 9.17) is 0 Å². The summed E-state index contributed by atoms with van der Waals surface area (Å²) in [6.07, 6.45) is 4.61. The van der Waals surface area contributed by atoms with Crippen LogP contribution in [-0.4, -0.2) is 16.3 Å². The highest BCUT2D eigenvalue weighted by Crippen LogP contribution is 2.39. The van der Waals surface area contributed by atoms with E-state index in [0.717, 1.165) is 33.9 Å². The first-order chi connectivity index (χ1) is 12.9. The smallest absolute Gasteiger partial charge is 0.161 e. The Balaban J connectivity index is 0.000000156. The van der Waals surface area contributed by atoms with Crippen molar-refractivity contribution in [3.63, 3.8) is 0 Å². The lowest BCUT2D eigenvalue weighted by molar-refractivity contribution is 0.112. The molecule has 4 aromatic heterocycles. The molecule has 3 nitrogen and oxygen atoms in total. The normalized spacial score (nSPS) is 10.6. The third-order valence-corrected chi connectivity index (χ3v) is 10.5. The van der Waals surface area contributed by atoms with Crippen LogP contribution in [-0.2, 0) is 0 Å². The molecule has 4 rings (SSSR count). The molecule has 0 amide bonds. The van der Waals surface area contributed by atoms with E-state index in [2.05, 4.69) is 70.7 Å². The van der Waals surface area contributed by atoms with Gasteiger partial charge in [0.15, 0.2) is 6.29 Å². The number of aldehydes is 1. The van der Waals surface area contributed by atoms with Crippen molar-refractivity contribution in [2.24, 2.45) is 0 Å². The fraction of sp³-hybridized carbons (Fsp3) is 0.118. The zero-order valence-electron chi connectivity index (χ0n) is 14.0. The number of hydrogen-bond acceptors (Lipinski definition) is 7. The lowest BCUT2D eigenvalue weighted by Crippen LogP contribution is -1.67. The monoisotopic (exact) mass is 624 g/mol. The molecule has 0 aliphatic carbocycles. The second kappa shape index (κ2) is 9.51. The van der Waals surface area contributed by atoms with E-state index in [1.807, 2.05) is 25.4 Å². The van der Waals surface area contributed by atoms with Crippen molar-refractivity contribution < 1.29 is 4.79 Å². The van der Waals surface area contributed by atoms with Crippen molar-refractivity contribution >= 4 is 99.4 Å². The van der Waals surface area contributed by atoms with Crippen LogP contribution in [0.4, 0.5) is 0 Å². The third kappa shape index (κ3) is 5.43. The minimum atomic E-state index is 0.716. The van der Waals surface area contributed by atoms with Crippen LogP contribution in [0.2, 0.25) is 0 Å². The summed E-state index contributed by atoms with van der Waals surface area (Å²) in [4.78, 5) is 24.6. The molecule has 0 aliphatic rings. The Kier molecular flexibility index (Phi) is 7.57. The highest BCUT2D eigenvalue weighted by molar-refractivity contribution is 9.13. The molecule has 0 saturated heterocycles. The standard InChI is InChI=1S/C9H6BrNOS2.C8H5Br2NS2/c1-5-3-11-9(13-5)7-2-6(10)8(4-12)14-7;1-4-3-11-8(12-4)6-2-5(9)7(10)13-6/h2-4H,1H3;2-3H,1H3. The lowest BCUT2D eigenvalue weighted by atomic mass is 10.4. The van der Waals surface area contributed by atoms with Gasteiger partial charge in [0, 0.05) is 31.1 Å². The summed E-state index contributed by atoms with van der Waals surface area (Å²) < 4.78 is 3.07. The SMILES string of the molecule is Cc1cnc(-c2cc(Br)c(Br)s2)s1.Cc1cnc(-c2cc(Br)c(C=O)s2)s1. The van der Waals surface area contributed by atoms with Gasteiger partial charge in [-0.15, -0.1) is 45.3 Å².